The Bertz CT molecular complexity index is 1040. The van der Waals surface area contributed by atoms with Crippen molar-refractivity contribution >= 4 is 21.1 Å². The van der Waals surface area contributed by atoms with Gasteiger partial charge >= 0.3 is 0 Å². The zero-order valence-electron chi connectivity index (χ0n) is 12.2. The molecule has 0 saturated carbocycles. The van der Waals surface area contributed by atoms with Crippen LogP contribution in [0.2, 0.25) is 0 Å². The minimum Gasteiger partial charge on any atom is -0.476 e. The molecule has 0 bridgehead atoms. The number of ether oxygens (including phenoxy) is 1. The van der Waals surface area contributed by atoms with Gasteiger partial charge in [0.15, 0.2) is 5.52 Å². The summed E-state index contributed by atoms with van der Waals surface area (Å²) in [6.45, 7) is 1.97. The molecule has 3 aromatic heterocycles. The Morgan fingerprint density at radius 1 is 1.30 bits per heavy atom. The van der Waals surface area contributed by atoms with E-state index in [0.29, 0.717) is 0 Å². The van der Waals surface area contributed by atoms with Gasteiger partial charge in [-0.15, -0.1) is 0 Å². The van der Waals surface area contributed by atoms with Crippen LogP contribution < -0.4 is 10.3 Å². The molecule has 0 atom stereocenters. The third kappa shape index (κ3) is 2.80. The van der Waals surface area contributed by atoms with E-state index in [0.717, 1.165) is 6.26 Å². The molecule has 1 N–H and O–H groups in total. The summed E-state index contributed by atoms with van der Waals surface area (Å²) in [7, 11) is -3.66. The van der Waals surface area contributed by atoms with Gasteiger partial charge in [0, 0.05) is 12.5 Å². The molecule has 10 heteroatoms. The summed E-state index contributed by atoms with van der Waals surface area (Å²) in [5.41, 5.74) is -0.123. The average molecular weight is 336 g/mol. The molecule has 3 heterocycles. The molecule has 0 fully saturated rings. The number of H-pyrrole nitrogens is 1. The van der Waals surface area contributed by atoms with Gasteiger partial charge in [0.05, 0.1) is 6.61 Å². The molecule has 0 aromatic carbocycles. The number of hydrogen-bond donors (Lipinski definition) is 1. The number of pyridine rings is 1. The monoisotopic (exact) mass is 336 g/mol. The van der Waals surface area contributed by atoms with E-state index in [1.165, 1.54) is 12.3 Å². The summed E-state index contributed by atoms with van der Waals surface area (Å²) < 4.78 is 34.1. The molecule has 0 aliphatic heterocycles. The first-order valence-corrected chi connectivity index (χ1v) is 8.49. The van der Waals surface area contributed by atoms with Crippen molar-refractivity contribution in [3.8, 4) is 17.3 Å². The molecule has 0 aliphatic rings. The third-order valence-electron chi connectivity index (χ3n) is 2.87. The highest BCUT2D eigenvalue weighted by Crippen LogP contribution is 2.27. The maximum Gasteiger partial charge on any atom is 0.260 e. The Labute approximate surface area is 130 Å². The predicted molar refractivity (Wildman–Crippen MR) is 79.9 cm³/mol. The number of aromatic nitrogens is 4. The minimum atomic E-state index is -3.66. The fourth-order valence-electron chi connectivity index (χ4n) is 1.89. The molecule has 0 saturated heterocycles. The molecule has 120 valence electrons. The number of rotatable bonds is 4. The van der Waals surface area contributed by atoms with E-state index in [1.54, 1.807) is 13.0 Å². The molecule has 0 unspecified atom stereocenters. The summed E-state index contributed by atoms with van der Waals surface area (Å²) in [5, 5.41) is -0.432. The van der Waals surface area contributed by atoms with Crippen molar-refractivity contribution in [2.75, 3.05) is 12.9 Å². The molecular formula is C13H12N4O5S. The van der Waals surface area contributed by atoms with E-state index in [9.17, 15) is 13.2 Å². The van der Waals surface area contributed by atoms with E-state index in [4.69, 9.17) is 9.15 Å². The summed E-state index contributed by atoms with van der Waals surface area (Å²) in [5.74, 6) is -0.0111. The van der Waals surface area contributed by atoms with Gasteiger partial charge < -0.3 is 14.1 Å². The smallest absolute Gasteiger partial charge is 0.260 e. The lowest BCUT2D eigenvalue weighted by Gasteiger charge is -2.03. The van der Waals surface area contributed by atoms with Crippen LogP contribution in [0.5, 0.6) is 5.88 Å². The van der Waals surface area contributed by atoms with Gasteiger partial charge in [-0.2, -0.15) is 9.97 Å². The highest BCUT2D eigenvalue weighted by atomic mass is 32.2. The van der Waals surface area contributed by atoms with Crippen molar-refractivity contribution in [2.24, 2.45) is 0 Å². The van der Waals surface area contributed by atoms with Crippen molar-refractivity contribution in [1.82, 2.24) is 19.9 Å². The summed E-state index contributed by atoms with van der Waals surface area (Å²) in [6.07, 6.45) is 2.45. The number of aromatic amines is 1. The largest absolute Gasteiger partial charge is 0.476 e. The van der Waals surface area contributed by atoms with Crippen LogP contribution >= 0.6 is 0 Å². The summed E-state index contributed by atoms with van der Waals surface area (Å²) in [4.78, 5) is 26.2. The van der Waals surface area contributed by atoms with Gasteiger partial charge in [0.1, 0.15) is 5.56 Å². The van der Waals surface area contributed by atoms with E-state index in [1.807, 2.05) is 0 Å². The molecule has 0 amide bonds. The predicted octanol–water partition coefficient (Wildman–Crippen LogP) is 0.775. The highest BCUT2D eigenvalue weighted by molar-refractivity contribution is 7.90. The number of sulfone groups is 1. The van der Waals surface area contributed by atoms with Gasteiger partial charge in [0.25, 0.3) is 16.4 Å². The quantitative estimate of drug-likeness (QED) is 0.692. The molecule has 0 aliphatic carbocycles. The third-order valence-corrected chi connectivity index (χ3v) is 3.71. The molecular weight excluding hydrogens is 324 g/mol. The van der Waals surface area contributed by atoms with E-state index in [-0.39, 0.29) is 35.2 Å². The summed E-state index contributed by atoms with van der Waals surface area (Å²) in [6, 6.07) is 3.14. The van der Waals surface area contributed by atoms with Gasteiger partial charge in [-0.25, -0.2) is 13.4 Å². The average Bonchev–Trinajstić information content (AvgIpc) is 2.91. The maximum absolute atomic E-state index is 11.8. The topological polar surface area (TPSA) is 128 Å². The van der Waals surface area contributed by atoms with Crippen LogP contribution in [0.1, 0.15) is 6.92 Å². The number of nitrogens with one attached hydrogen (secondary N) is 1. The zero-order valence-corrected chi connectivity index (χ0v) is 13.0. The molecule has 3 rings (SSSR count). The first-order chi connectivity index (χ1) is 10.9. The van der Waals surface area contributed by atoms with E-state index < -0.39 is 20.6 Å². The Morgan fingerprint density at radius 3 is 2.74 bits per heavy atom. The second-order valence-corrected chi connectivity index (χ2v) is 6.51. The van der Waals surface area contributed by atoms with Gasteiger partial charge in [0.2, 0.25) is 21.6 Å². The molecule has 9 nitrogen and oxygen atoms in total. The van der Waals surface area contributed by atoms with Crippen LogP contribution in [0.25, 0.3) is 22.7 Å². The molecule has 23 heavy (non-hydrogen) atoms. The number of hydrogen-bond acceptors (Lipinski definition) is 8. The number of fused-ring (bicyclic) bond motifs is 1. The van der Waals surface area contributed by atoms with Gasteiger partial charge in [-0.3, -0.25) is 4.79 Å². The van der Waals surface area contributed by atoms with Crippen LogP contribution in [-0.4, -0.2) is 41.2 Å². The minimum absolute atomic E-state index is 0.00255. The van der Waals surface area contributed by atoms with Gasteiger partial charge in [-0.1, -0.05) is 0 Å². The van der Waals surface area contributed by atoms with Crippen molar-refractivity contribution in [3.63, 3.8) is 0 Å². The van der Waals surface area contributed by atoms with Crippen molar-refractivity contribution in [3.05, 3.63) is 28.7 Å². The maximum atomic E-state index is 11.8. The standard InChI is InChI=1S/C13H12N4O5S/c1-3-21-11-8-12(17-13(16-11)23(2,19)20)22-10(15-8)7-5-4-6-14-9(7)18/h4-6H,3H2,1-2H3,(H,14,18). The van der Waals surface area contributed by atoms with E-state index in [2.05, 4.69) is 19.9 Å². The Morgan fingerprint density at radius 2 is 2.09 bits per heavy atom. The van der Waals surface area contributed by atoms with Crippen LogP contribution in [0.4, 0.5) is 0 Å². The van der Waals surface area contributed by atoms with E-state index >= 15 is 0 Å². The first-order valence-electron chi connectivity index (χ1n) is 6.59. The number of nitrogens with zero attached hydrogens (tertiary/aromatic N) is 3. The van der Waals surface area contributed by atoms with Crippen LogP contribution in [-0.2, 0) is 9.84 Å². The fourth-order valence-corrected chi connectivity index (χ4v) is 2.38. The normalized spacial score (nSPS) is 11.7. The molecule has 0 radical (unpaired) electrons. The fraction of sp³-hybridized carbons (Fsp3) is 0.231. The second kappa shape index (κ2) is 5.47. The Kier molecular flexibility index (Phi) is 3.60. The SMILES string of the molecule is CCOc1nc(S(C)(=O)=O)nc2oc(-c3ccc[nH]c3=O)nc12. The van der Waals surface area contributed by atoms with Crippen molar-refractivity contribution in [2.45, 2.75) is 12.1 Å². The Hall–Kier alpha value is -2.75. The molecule has 3 aromatic rings. The van der Waals surface area contributed by atoms with Crippen LogP contribution in [0.15, 0.2) is 32.7 Å². The van der Waals surface area contributed by atoms with Crippen molar-refractivity contribution in [1.29, 1.82) is 0 Å². The zero-order chi connectivity index (χ0) is 16.6. The summed E-state index contributed by atoms with van der Waals surface area (Å²) >= 11 is 0. The van der Waals surface area contributed by atoms with Gasteiger partial charge in [-0.05, 0) is 19.1 Å². The lowest BCUT2D eigenvalue weighted by molar-refractivity contribution is 0.326. The highest BCUT2D eigenvalue weighted by Gasteiger charge is 2.22. The van der Waals surface area contributed by atoms with Crippen LogP contribution in [0, 0.1) is 0 Å². The number of oxazole rings is 1. The second-order valence-electron chi connectivity index (χ2n) is 4.60. The molecule has 0 spiro atoms. The Balaban J connectivity index is 2.28. The van der Waals surface area contributed by atoms with Crippen LogP contribution in [0.3, 0.4) is 0 Å². The van der Waals surface area contributed by atoms with Crippen molar-refractivity contribution < 1.29 is 17.6 Å². The first kappa shape index (κ1) is 15.2. The lowest BCUT2D eigenvalue weighted by Crippen LogP contribution is -2.07. The lowest BCUT2D eigenvalue weighted by atomic mass is 10.3.